The van der Waals surface area contributed by atoms with E-state index in [0.717, 1.165) is 11.3 Å². The molecule has 0 aliphatic heterocycles. The molecule has 3 rings (SSSR count). The molecule has 1 heterocycles. The zero-order valence-corrected chi connectivity index (χ0v) is 16.0. The first-order chi connectivity index (χ1) is 11.8. The highest BCUT2D eigenvalue weighted by Crippen LogP contribution is 2.28. The minimum Gasteiger partial charge on any atom is -0.323 e. The van der Waals surface area contributed by atoms with E-state index in [1.807, 2.05) is 6.07 Å². The number of pyridine rings is 1. The van der Waals surface area contributed by atoms with Crippen LogP contribution in [0.15, 0.2) is 41.2 Å². The number of hydrogen-bond acceptors (Lipinski definition) is 2. The number of nitrogens with one attached hydrogen (secondary N) is 2. The maximum atomic E-state index is 12.0. The van der Waals surface area contributed by atoms with Gasteiger partial charge in [-0.05, 0) is 41.5 Å². The summed E-state index contributed by atoms with van der Waals surface area (Å²) in [7, 11) is 0. The number of rotatable bonds is 4. The van der Waals surface area contributed by atoms with E-state index in [0.29, 0.717) is 6.04 Å². The third-order valence-corrected chi connectivity index (χ3v) is 5.36. The Bertz CT molecular complexity index is 768. The number of benzene rings is 1. The molecule has 3 nitrogen and oxygen atoms in total. The number of H-pyrrole nitrogens is 1. The molecule has 0 bridgehead atoms. The molecule has 25 heavy (non-hydrogen) atoms. The summed E-state index contributed by atoms with van der Waals surface area (Å²) in [5.41, 5.74) is 3.23. The molecule has 4 heteroatoms. The molecule has 1 aromatic carbocycles. The molecule has 1 atom stereocenters. The van der Waals surface area contributed by atoms with Crippen LogP contribution in [0.3, 0.4) is 0 Å². The largest absolute Gasteiger partial charge is 0.323 e. The Hall–Kier alpha value is -1.58. The van der Waals surface area contributed by atoms with Crippen molar-refractivity contribution in [1.82, 2.24) is 10.3 Å². The third kappa shape index (κ3) is 4.34. The van der Waals surface area contributed by atoms with Gasteiger partial charge in [-0.25, -0.2) is 0 Å². The van der Waals surface area contributed by atoms with Crippen molar-refractivity contribution < 1.29 is 0 Å². The van der Waals surface area contributed by atoms with Crippen molar-refractivity contribution >= 4 is 11.6 Å². The van der Waals surface area contributed by atoms with Crippen molar-refractivity contribution in [3.05, 3.63) is 68.6 Å². The number of aromatic nitrogens is 1. The Morgan fingerprint density at radius 3 is 2.28 bits per heavy atom. The molecular weight excluding hydrogens is 332 g/mol. The SMILES string of the molecule is CC(C)(C)c1ccc(C(NC2CCCC2)c2ccc(Cl)c(=O)[nH]2)cc1. The summed E-state index contributed by atoms with van der Waals surface area (Å²) < 4.78 is 0. The normalized spacial score (nSPS) is 17.0. The van der Waals surface area contributed by atoms with Crippen LogP contribution in [-0.2, 0) is 5.41 Å². The Balaban J connectivity index is 1.95. The lowest BCUT2D eigenvalue weighted by Gasteiger charge is -2.25. The first-order valence-corrected chi connectivity index (χ1v) is 9.47. The fraction of sp³-hybridized carbons (Fsp3) is 0.476. The molecule has 0 amide bonds. The van der Waals surface area contributed by atoms with Crippen molar-refractivity contribution in [1.29, 1.82) is 0 Å². The molecule has 1 saturated carbocycles. The second-order valence-corrected chi connectivity index (χ2v) is 8.45. The summed E-state index contributed by atoms with van der Waals surface area (Å²) in [5.74, 6) is 0. The minimum absolute atomic E-state index is 0.0258. The highest BCUT2D eigenvalue weighted by Gasteiger charge is 2.23. The Labute approximate surface area is 154 Å². The van der Waals surface area contributed by atoms with E-state index >= 15 is 0 Å². The maximum absolute atomic E-state index is 12.0. The van der Waals surface area contributed by atoms with Gasteiger partial charge >= 0.3 is 0 Å². The van der Waals surface area contributed by atoms with Gasteiger partial charge in [-0.15, -0.1) is 0 Å². The van der Waals surface area contributed by atoms with Crippen LogP contribution in [-0.4, -0.2) is 11.0 Å². The predicted molar refractivity (Wildman–Crippen MR) is 104 cm³/mol. The fourth-order valence-corrected chi connectivity index (χ4v) is 3.62. The molecule has 1 aromatic heterocycles. The lowest BCUT2D eigenvalue weighted by Crippen LogP contribution is -2.33. The highest BCUT2D eigenvalue weighted by molar-refractivity contribution is 6.30. The summed E-state index contributed by atoms with van der Waals surface area (Å²) in [6.07, 6.45) is 4.91. The molecule has 0 saturated heterocycles. The lowest BCUT2D eigenvalue weighted by molar-refractivity contribution is 0.472. The van der Waals surface area contributed by atoms with Gasteiger partial charge in [0.15, 0.2) is 0 Å². The second-order valence-electron chi connectivity index (χ2n) is 8.04. The molecule has 0 spiro atoms. The quantitative estimate of drug-likeness (QED) is 0.812. The van der Waals surface area contributed by atoms with Crippen molar-refractivity contribution in [3.63, 3.8) is 0 Å². The number of halogens is 1. The maximum Gasteiger partial charge on any atom is 0.266 e. The molecule has 1 unspecified atom stereocenters. The zero-order valence-electron chi connectivity index (χ0n) is 15.2. The van der Waals surface area contributed by atoms with Crippen LogP contribution in [0.1, 0.15) is 69.3 Å². The van der Waals surface area contributed by atoms with Gasteiger partial charge in [0.05, 0.1) is 6.04 Å². The van der Waals surface area contributed by atoms with Crippen LogP contribution in [0.4, 0.5) is 0 Å². The standard InChI is InChI=1S/C21H27ClN2O/c1-21(2,3)15-10-8-14(9-11-15)19(23-16-6-4-5-7-16)18-13-12-17(22)20(25)24-18/h8-13,16,19,23H,4-7H2,1-3H3,(H,24,25). The van der Waals surface area contributed by atoms with E-state index in [-0.39, 0.29) is 22.0 Å². The van der Waals surface area contributed by atoms with Crippen LogP contribution < -0.4 is 10.9 Å². The molecule has 1 fully saturated rings. The van der Waals surface area contributed by atoms with E-state index in [2.05, 4.69) is 55.3 Å². The van der Waals surface area contributed by atoms with Crippen molar-refractivity contribution in [3.8, 4) is 0 Å². The van der Waals surface area contributed by atoms with Crippen LogP contribution in [0.25, 0.3) is 0 Å². The van der Waals surface area contributed by atoms with Gasteiger partial charge in [-0.1, -0.05) is 69.5 Å². The Morgan fingerprint density at radius 2 is 1.72 bits per heavy atom. The number of aromatic amines is 1. The van der Waals surface area contributed by atoms with Crippen molar-refractivity contribution in [2.75, 3.05) is 0 Å². The zero-order chi connectivity index (χ0) is 18.0. The molecule has 0 radical (unpaired) electrons. The van der Waals surface area contributed by atoms with Crippen LogP contribution in [0, 0.1) is 0 Å². The van der Waals surface area contributed by atoms with Gasteiger partial charge < -0.3 is 10.3 Å². The van der Waals surface area contributed by atoms with Gasteiger partial charge in [0.25, 0.3) is 5.56 Å². The topological polar surface area (TPSA) is 44.9 Å². The van der Waals surface area contributed by atoms with Gasteiger partial charge in [-0.2, -0.15) is 0 Å². The van der Waals surface area contributed by atoms with Gasteiger partial charge in [-0.3, -0.25) is 4.79 Å². The minimum atomic E-state index is -0.233. The van der Waals surface area contributed by atoms with Gasteiger partial charge in [0.1, 0.15) is 5.02 Å². The summed E-state index contributed by atoms with van der Waals surface area (Å²) in [6.45, 7) is 6.65. The molecule has 1 aliphatic rings. The average Bonchev–Trinajstić information content (AvgIpc) is 3.08. The van der Waals surface area contributed by atoms with Crippen molar-refractivity contribution in [2.24, 2.45) is 0 Å². The summed E-state index contributed by atoms with van der Waals surface area (Å²) in [4.78, 5) is 14.9. The first-order valence-electron chi connectivity index (χ1n) is 9.10. The molecule has 2 aromatic rings. The Kier molecular flexibility index (Phi) is 5.35. The molecule has 1 aliphatic carbocycles. The second kappa shape index (κ2) is 7.35. The number of hydrogen-bond donors (Lipinski definition) is 2. The van der Waals surface area contributed by atoms with Crippen molar-refractivity contribution in [2.45, 2.75) is 64.0 Å². The molecule has 2 N–H and O–H groups in total. The smallest absolute Gasteiger partial charge is 0.266 e. The van der Waals surface area contributed by atoms with E-state index in [1.165, 1.54) is 31.2 Å². The third-order valence-electron chi connectivity index (χ3n) is 5.06. The fourth-order valence-electron chi connectivity index (χ4n) is 3.51. The molecule has 134 valence electrons. The summed E-state index contributed by atoms with van der Waals surface area (Å²) in [5, 5.41) is 3.97. The average molecular weight is 359 g/mol. The van der Waals surface area contributed by atoms with Gasteiger partial charge in [0.2, 0.25) is 0 Å². The highest BCUT2D eigenvalue weighted by atomic mass is 35.5. The lowest BCUT2D eigenvalue weighted by atomic mass is 9.86. The van der Waals surface area contributed by atoms with Crippen LogP contribution in [0.5, 0.6) is 0 Å². The summed E-state index contributed by atoms with van der Waals surface area (Å²) >= 11 is 5.91. The van der Waals surface area contributed by atoms with E-state index in [4.69, 9.17) is 11.6 Å². The van der Waals surface area contributed by atoms with Crippen LogP contribution >= 0.6 is 11.6 Å². The summed E-state index contributed by atoms with van der Waals surface area (Å²) in [6, 6.07) is 12.8. The van der Waals surface area contributed by atoms with E-state index in [9.17, 15) is 4.79 Å². The van der Waals surface area contributed by atoms with E-state index in [1.54, 1.807) is 6.07 Å². The van der Waals surface area contributed by atoms with E-state index < -0.39 is 0 Å². The monoisotopic (exact) mass is 358 g/mol. The Morgan fingerprint density at radius 1 is 1.08 bits per heavy atom. The molecular formula is C21H27ClN2O. The predicted octanol–water partition coefficient (Wildman–Crippen LogP) is 4.95. The first kappa shape index (κ1) is 18.2. The van der Waals surface area contributed by atoms with Crippen LogP contribution in [0.2, 0.25) is 5.02 Å². The van der Waals surface area contributed by atoms with Gasteiger partial charge in [0, 0.05) is 11.7 Å².